The Balaban J connectivity index is 2.79. The molecule has 9 heteroatoms. The molecule has 0 bridgehead atoms. The van der Waals surface area contributed by atoms with Crippen LogP contribution in [-0.2, 0) is 0 Å². The molecule has 0 aliphatic carbocycles. The molecule has 0 radical (unpaired) electrons. The Bertz CT molecular complexity index is 477. The molecule has 0 fully saturated rings. The third kappa shape index (κ3) is 4.27. The Hall–Kier alpha value is -1.51. The van der Waals surface area contributed by atoms with Crippen molar-refractivity contribution in [3.8, 4) is 0 Å². The maximum atomic E-state index is 12.9. The summed E-state index contributed by atoms with van der Waals surface area (Å²) in [6.45, 7) is 0. The van der Waals surface area contributed by atoms with Gasteiger partial charge in [0.1, 0.15) is 5.92 Å². The zero-order chi connectivity index (χ0) is 14.6. The highest BCUT2D eigenvalue weighted by Crippen LogP contribution is 2.32. The van der Waals surface area contributed by atoms with Gasteiger partial charge >= 0.3 is 6.18 Å². The fourth-order valence-electron chi connectivity index (χ4n) is 1.16. The molecule has 1 aromatic carbocycles. The van der Waals surface area contributed by atoms with Crippen molar-refractivity contribution in [2.24, 2.45) is 16.8 Å². The van der Waals surface area contributed by atoms with Crippen LogP contribution in [0, 0.1) is 17.6 Å². The van der Waals surface area contributed by atoms with Gasteiger partial charge in [-0.25, -0.2) is 8.78 Å². The minimum Gasteiger partial charge on any atom is -0.409 e. The SMILES string of the molecule is N/C(=N/O)C(CSc1ccc(F)c(F)c1)C(F)(F)F. The number of benzene rings is 1. The molecule has 0 amide bonds. The van der Waals surface area contributed by atoms with Crippen LogP contribution in [-0.4, -0.2) is 23.0 Å². The number of alkyl halides is 3. The van der Waals surface area contributed by atoms with Gasteiger partial charge in [0.2, 0.25) is 0 Å². The Kier molecular flexibility index (Phi) is 4.98. The number of thioether (sulfide) groups is 1. The molecule has 0 aliphatic heterocycles. The van der Waals surface area contributed by atoms with Crippen LogP contribution in [0.3, 0.4) is 0 Å². The first-order valence-electron chi connectivity index (χ1n) is 4.87. The number of nitrogens with zero attached hydrogens (tertiary/aromatic N) is 1. The summed E-state index contributed by atoms with van der Waals surface area (Å²) < 4.78 is 63.2. The predicted molar refractivity (Wildman–Crippen MR) is 60.0 cm³/mol. The van der Waals surface area contributed by atoms with Crippen LogP contribution in [0.25, 0.3) is 0 Å². The monoisotopic (exact) mass is 300 g/mol. The largest absolute Gasteiger partial charge is 0.409 e. The third-order valence-corrected chi connectivity index (χ3v) is 3.26. The first kappa shape index (κ1) is 15.5. The fraction of sp³-hybridized carbons (Fsp3) is 0.300. The van der Waals surface area contributed by atoms with Crippen molar-refractivity contribution in [2.45, 2.75) is 11.1 Å². The molecule has 0 saturated heterocycles. The first-order chi connectivity index (χ1) is 8.75. The molecule has 3 nitrogen and oxygen atoms in total. The molecular formula is C10H9F5N2OS. The van der Waals surface area contributed by atoms with Gasteiger partial charge in [-0.3, -0.25) is 0 Å². The van der Waals surface area contributed by atoms with Gasteiger partial charge in [-0.15, -0.1) is 11.8 Å². The van der Waals surface area contributed by atoms with Crippen LogP contribution in [0.1, 0.15) is 0 Å². The Morgan fingerprint density at radius 1 is 1.32 bits per heavy atom. The van der Waals surface area contributed by atoms with E-state index in [9.17, 15) is 22.0 Å². The second-order valence-electron chi connectivity index (χ2n) is 3.51. The number of hydrogen-bond acceptors (Lipinski definition) is 3. The number of hydrogen-bond donors (Lipinski definition) is 2. The first-order valence-corrected chi connectivity index (χ1v) is 5.86. The van der Waals surface area contributed by atoms with E-state index in [1.165, 1.54) is 0 Å². The molecule has 19 heavy (non-hydrogen) atoms. The Morgan fingerprint density at radius 2 is 1.95 bits per heavy atom. The van der Waals surface area contributed by atoms with Crippen LogP contribution < -0.4 is 5.73 Å². The van der Waals surface area contributed by atoms with Gasteiger partial charge < -0.3 is 10.9 Å². The lowest BCUT2D eigenvalue weighted by Gasteiger charge is -2.18. The van der Waals surface area contributed by atoms with E-state index in [-0.39, 0.29) is 4.90 Å². The highest BCUT2D eigenvalue weighted by Gasteiger charge is 2.42. The van der Waals surface area contributed by atoms with E-state index in [0.717, 1.165) is 18.2 Å². The van der Waals surface area contributed by atoms with Crippen LogP contribution in [0.4, 0.5) is 22.0 Å². The van der Waals surface area contributed by atoms with E-state index in [0.29, 0.717) is 11.8 Å². The van der Waals surface area contributed by atoms with Gasteiger partial charge in [0.05, 0.1) is 0 Å². The Morgan fingerprint density at radius 3 is 2.42 bits per heavy atom. The number of halogens is 5. The topological polar surface area (TPSA) is 58.6 Å². The van der Waals surface area contributed by atoms with Crippen molar-refractivity contribution in [3.05, 3.63) is 29.8 Å². The summed E-state index contributed by atoms with van der Waals surface area (Å²) in [6, 6.07) is 2.73. The van der Waals surface area contributed by atoms with Crippen molar-refractivity contribution in [3.63, 3.8) is 0 Å². The van der Waals surface area contributed by atoms with Gasteiger partial charge in [-0.1, -0.05) is 5.16 Å². The van der Waals surface area contributed by atoms with E-state index in [2.05, 4.69) is 5.16 Å². The van der Waals surface area contributed by atoms with E-state index < -0.39 is 35.3 Å². The molecule has 0 heterocycles. The van der Waals surface area contributed by atoms with Crippen LogP contribution in [0.2, 0.25) is 0 Å². The maximum Gasteiger partial charge on any atom is 0.399 e. The zero-order valence-corrected chi connectivity index (χ0v) is 10.1. The molecule has 0 spiro atoms. The van der Waals surface area contributed by atoms with Gasteiger partial charge in [-0.05, 0) is 18.2 Å². The average Bonchev–Trinajstić information content (AvgIpc) is 2.31. The minimum absolute atomic E-state index is 0.110. The number of rotatable bonds is 4. The smallest absolute Gasteiger partial charge is 0.399 e. The molecule has 1 rings (SSSR count). The summed E-state index contributed by atoms with van der Waals surface area (Å²) in [4.78, 5) is 0.110. The molecule has 106 valence electrons. The lowest BCUT2D eigenvalue weighted by Crippen LogP contribution is -2.37. The van der Waals surface area contributed by atoms with E-state index in [1.807, 2.05) is 0 Å². The standard InChI is InChI=1S/C10H9F5N2OS/c11-7-2-1-5(3-8(7)12)19-4-6(9(16)17-18)10(13,14)15/h1-3,6,18H,4H2,(H2,16,17). The van der Waals surface area contributed by atoms with Crippen molar-refractivity contribution < 1.29 is 27.2 Å². The number of oxime groups is 1. The lowest BCUT2D eigenvalue weighted by atomic mass is 10.1. The summed E-state index contributed by atoms with van der Waals surface area (Å²) >= 11 is 0.623. The summed E-state index contributed by atoms with van der Waals surface area (Å²) in [6.07, 6.45) is -4.69. The van der Waals surface area contributed by atoms with Gasteiger partial charge in [-0.2, -0.15) is 13.2 Å². The Labute approximate surface area is 109 Å². The van der Waals surface area contributed by atoms with Crippen LogP contribution in [0.15, 0.2) is 28.3 Å². The van der Waals surface area contributed by atoms with Gasteiger partial charge in [0, 0.05) is 10.6 Å². The summed E-state index contributed by atoms with van der Waals surface area (Å²) in [7, 11) is 0. The third-order valence-electron chi connectivity index (χ3n) is 2.18. The second kappa shape index (κ2) is 6.09. The van der Waals surface area contributed by atoms with Crippen molar-refractivity contribution in [1.82, 2.24) is 0 Å². The fourth-order valence-corrected chi connectivity index (χ4v) is 2.23. The van der Waals surface area contributed by atoms with Gasteiger partial charge in [0.15, 0.2) is 17.5 Å². The molecule has 1 atom stereocenters. The van der Waals surface area contributed by atoms with E-state index >= 15 is 0 Å². The van der Waals surface area contributed by atoms with Crippen molar-refractivity contribution in [1.29, 1.82) is 0 Å². The van der Waals surface area contributed by atoms with E-state index in [4.69, 9.17) is 10.9 Å². The molecule has 0 aromatic heterocycles. The lowest BCUT2D eigenvalue weighted by molar-refractivity contribution is -0.150. The van der Waals surface area contributed by atoms with E-state index in [1.54, 1.807) is 0 Å². The average molecular weight is 300 g/mol. The molecule has 1 aromatic rings. The molecule has 1 unspecified atom stereocenters. The minimum atomic E-state index is -4.69. The summed E-state index contributed by atoms with van der Waals surface area (Å²) in [5, 5.41) is 10.6. The van der Waals surface area contributed by atoms with Gasteiger partial charge in [0.25, 0.3) is 0 Å². The van der Waals surface area contributed by atoms with Crippen LogP contribution in [0.5, 0.6) is 0 Å². The number of nitrogens with two attached hydrogens (primary N) is 1. The quantitative estimate of drug-likeness (QED) is 0.224. The van der Waals surface area contributed by atoms with Crippen molar-refractivity contribution in [2.75, 3.05) is 5.75 Å². The second-order valence-corrected chi connectivity index (χ2v) is 4.60. The van der Waals surface area contributed by atoms with Crippen LogP contribution >= 0.6 is 11.8 Å². The highest BCUT2D eigenvalue weighted by molar-refractivity contribution is 7.99. The highest BCUT2D eigenvalue weighted by atomic mass is 32.2. The predicted octanol–water partition coefficient (Wildman–Crippen LogP) is 2.98. The number of amidine groups is 1. The molecule has 0 aliphatic rings. The molecular weight excluding hydrogens is 291 g/mol. The normalized spacial score (nSPS) is 14.5. The zero-order valence-electron chi connectivity index (χ0n) is 9.29. The summed E-state index contributed by atoms with van der Waals surface area (Å²) in [5.74, 6) is -6.01. The maximum absolute atomic E-state index is 12.9. The molecule has 3 N–H and O–H groups in total. The molecule has 0 saturated carbocycles. The van der Waals surface area contributed by atoms with Crippen molar-refractivity contribution >= 4 is 17.6 Å². The summed E-state index contributed by atoms with van der Waals surface area (Å²) in [5.41, 5.74) is 4.95.